The number of methoxy groups -OCH3 is 2. The zero-order valence-corrected chi connectivity index (χ0v) is 9.36. The largest absolute Gasteiger partial charge is 0.493 e. The van der Waals surface area contributed by atoms with Gasteiger partial charge < -0.3 is 14.2 Å². The molecule has 0 bridgehead atoms. The predicted molar refractivity (Wildman–Crippen MR) is 58.0 cm³/mol. The minimum absolute atomic E-state index is 0.266. The molecule has 0 aliphatic heterocycles. The van der Waals surface area contributed by atoms with Crippen molar-refractivity contribution >= 4 is 5.97 Å². The Morgan fingerprint density at radius 2 is 2.00 bits per heavy atom. The number of hydrogen-bond donors (Lipinski definition) is 0. The Morgan fingerprint density at radius 1 is 1.25 bits per heavy atom. The first kappa shape index (κ1) is 10.8. The second-order valence-electron chi connectivity index (χ2n) is 3.67. The molecule has 86 valence electrons. The molecule has 2 rings (SSSR count). The van der Waals surface area contributed by atoms with Crippen molar-refractivity contribution in [2.24, 2.45) is 0 Å². The lowest BCUT2D eigenvalue weighted by Crippen LogP contribution is -2.04. The van der Waals surface area contributed by atoms with Gasteiger partial charge in [-0.15, -0.1) is 0 Å². The Labute approximate surface area is 94.1 Å². The SMILES string of the molecule is COC(=O)c1ccc(OC)c(OC2CC2)c1. The normalized spacial score (nSPS) is 14.4. The molecule has 1 saturated carbocycles. The van der Waals surface area contributed by atoms with Crippen LogP contribution in [0, 0.1) is 0 Å². The summed E-state index contributed by atoms with van der Waals surface area (Å²) in [4.78, 5) is 11.3. The molecule has 1 aliphatic rings. The van der Waals surface area contributed by atoms with Crippen molar-refractivity contribution in [2.45, 2.75) is 18.9 Å². The molecule has 0 radical (unpaired) electrons. The number of hydrogen-bond acceptors (Lipinski definition) is 4. The van der Waals surface area contributed by atoms with Crippen LogP contribution in [-0.2, 0) is 4.74 Å². The fourth-order valence-electron chi connectivity index (χ4n) is 1.38. The quantitative estimate of drug-likeness (QED) is 0.731. The summed E-state index contributed by atoms with van der Waals surface area (Å²) in [6, 6.07) is 5.03. The summed E-state index contributed by atoms with van der Waals surface area (Å²) in [5.74, 6) is 0.871. The third-order valence-corrected chi connectivity index (χ3v) is 2.40. The number of rotatable bonds is 4. The van der Waals surface area contributed by atoms with Crippen LogP contribution in [0.1, 0.15) is 23.2 Å². The molecule has 0 aromatic heterocycles. The van der Waals surface area contributed by atoms with Crippen molar-refractivity contribution in [2.75, 3.05) is 14.2 Å². The molecular formula is C12H14O4. The Hall–Kier alpha value is -1.71. The van der Waals surface area contributed by atoms with E-state index in [4.69, 9.17) is 9.47 Å². The van der Waals surface area contributed by atoms with Crippen LogP contribution < -0.4 is 9.47 Å². The Bertz CT molecular complexity index is 396. The topological polar surface area (TPSA) is 44.8 Å². The maximum absolute atomic E-state index is 11.3. The van der Waals surface area contributed by atoms with Gasteiger partial charge in [0.2, 0.25) is 0 Å². The molecule has 1 fully saturated rings. The van der Waals surface area contributed by atoms with Crippen LogP contribution in [0.5, 0.6) is 11.5 Å². The van der Waals surface area contributed by atoms with E-state index in [1.807, 2.05) is 0 Å². The second-order valence-corrected chi connectivity index (χ2v) is 3.67. The first-order chi connectivity index (χ1) is 7.74. The van der Waals surface area contributed by atoms with E-state index in [0.29, 0.717) is 17.1 Å². The number of carbonyl (C=O) groups is 1. The van der Waals surface area contributed by atoms with Crippen LogP contribution in [0.3, 0.4) is 0 Å². The molecule has 0 atom stereocenters. The van der Waals surface area contributed by atoms with Crippen molar-refractivity contribution in [1.82, 2.24) is 0 Å². The summed E-state index contributed by atoms with van der Waals surface area (Å²) < 4.78 is 15.5. The van der Waals surface area contributed by atoms with Gasteiger partial charge >= 0.3 is 5.97 Å². The molecule has 0 unspecified atom stereocenters. The van der Waals surface area contributed by atoms with E-state index in [-0.39, 0.29) is 12.1 Å². The Kier molecular flexibility index (Phi) is 2.99. The molecule has 16 heavy (non-hydrogen) atoms. The molecule has 0 spiro atoms. The van der Waals surface area contributed by atoms with E-state index in [2.05, 4.69) is 4.74 Å². The summed E-state index contributed by atoms with van der Waals surface area (Å²) in [5.41, 5.74) is 0.471. The molecule has 4 nitrogen and oxygen atoms in total. The molecule has 0 heterocycles. The first-order valence-electron chi connectivity index (χ1n) is 5.17. The Balaban J connectivity index is 2.25. The van der Waals surface area contributed by atoms with Gasteiger partial charge in [0.25, 0.3) is 0 Å². The van der Waals surface area contributed by atoms with E-state index >= 15 is 0 Å². The summed E-state index contributed by atoms with van der Waals surface area (Å²) in [6.45, 7) is 0. The van der Waals surface area contributed by atoms with Gasteiger partial charge in [-0.1, -0.05) is 0 Å². The average Bonchev–Trinajstić information content (AvgIpc) is 3.12. The van der Waals surface area contributed by atoms with Crippen molar-refractivity contribution in [3.8, 4) is 11.5 Å². The van der Waals surface area contributed by atoms with Crippen LogP contribution >= 0.6 is 0 Å². The van der Waals surface area contributed by atoms with Gasteiger partial charge in [0.05, 0.1) is 25.9 Å². The third kappa shape index (κ3) is 2.27. The van der Waals surface area contributed by atoms with Crippen molar-refractivity contribution in [3.05, 3.63) is 23.8 Å². The fourth-order valence-corrected chi connectivity index (χ4v) is 1.38. The number of esters is 1. The highest BCUT2D eigenvalue weighted by Gasteiger charge is 2.25. The van der Waals surface area contributed by atoms with E-state index in [1.165, 1.54) is 7.11 Å². The van der Waals surface area contributed by atoms with E-state index in [0.717, 1.165) is 12.8 Å². The van der Waals surface area contributed by atoms with Gasteiger partial charge in [0.15, 0.2) is 11.5 Å². The van der Waals surface area contributed by atoms with Crippen LogP contribution in [0.15, 0.2) is 18.2 Å². The number of ether oxygens (including phenoxy) is 3. The maximum Gasteiger partial charge on any atom is 0.337 e. The van der Waals surface area contributed by atoms with Crippen LogP contribution in [0.4, 0.5) is 0 Å². The third-order valence-electron chi connectivity index (χ3n) is 2.40. The first-order valence-corrected chi connectivity index (χ1v) is 5.17. The zero-order valence-electron chi connectivity index (χ0n) is 9.36. The highest BCUT2D eigenvalue weighted by atomic mass is 16.5. The van der Waals surface area contributed by atoms with Gasteiger partial charge in [0, 0.05) is 0 Å². The predicted octanol–water partition coefficient (Wildman–Crippen LogP) is 2.02. The summed E-state index contributed by atoms with van der Waals surface area (Å²) in [7, 11) is 2.93. The van der Waals surface area contributed by atoms with Gasteiger partial charge in [-0.3, -0.25) is 0 Å². The lowest BCUT2D eigenvalue weighted by Gasteiger charge is -2.10. The summed E-state index contributed by atoms with van der Waals surface area (Å²) in [6.07, 6.45) is 2.39. The van der Waals surface area contributed by atoms with Crippen LogP contribution in [0.25, 0.3) is 0 Å². The molecule has 1 aliphatic carbocycles. The van der Waals surface area contributed by atoms with Gasteiger partial charge in [-0.2, -0.15) is 0 Å². The molecule has 1 aromatic rings. The summed E-state index contributed by atoms with van der Waals surface area (Å²) in [5, 5.41) is 0. The van der Waals surface area contributed by atoms with Gasteiger partial charge in [0.1, 0.15) is 0 Å². The molecular weight excluding hydrogens is 208 g/mol. The fraction of sp³-hybridized carbons (Fsp3) is 0.417. The molecule has 0 amide bonds. The monoisotopic (exact) mass is 222 g/mol. The molecule has 4 heteroatoms. The lowest BCUT2D eigenvalue weighted by molar-refractivity contribution is 0.0600. The van der Waals surface area contributed by atoms with E-state index in [1.54, 1.807) is 25.3 Å². The van der Waals surface area contributed by atoms with E-state index in [9.17, 15) is 4.79 Å². The van der Waals surface area contributed by atoms with Crippen LogP contribution in [0.2, 0.25) is 0 Å². The minimum atomic E-state index is -0.372. The van der Waals surface area contributed by atoms with Crippen molar-refractivity contribution in [3.63, 3.8) is 0 Å². The van der Waals surface area contributed by atoms with Gasteiger partial charge in [-0.25, -0.2) is 4.79 Å². The standard InChI is InChI=1S/C12H14O4/c1-14-10-6-3-8(12(13)15-2)7-11(10)16-9-4-5-9/h3,6-7,9H,4-5H2,1-2H3. The average molecular weight is 222 g/mol. The minimum Gasteiger partial charge on any atom is -0.493 e. The second kappa shape index (κ2) is 4.43. The molecule has 0 N–H and O–H groups in total. The molecule has 0 saturated heterocycles. The van der Waals surface area contributed by atoms with E-state index < -0.39 is 0 Å². The highest BCUT2D eigenvalue weighted by molar-refractivity contribution is 5.90. The van der Waals surface area contributed by atoms with Gasteiger partial charge in [-0.05, 0) is 31.0 Å². The lowest BCUT2D eigenvalue weighted by atomic mass is 10.2. The van der Waals surface area contributed by atoms with Crippen molar-refractivity contribution in [1.29, 1.82) is 0 Å². The zero-order chi connectivity index (χ0) is 11.5. The Morgan fingerprint density at radius 3 is 2.56 bits per heavy atom. The summed E-state index contributed by atoms with van der Waals surface area (Å²) >= 11 is 0. The van der Waals surface area contributed by atoms with Crippen LogP contribution in [-0.4, -0.2) is 26.3 Å². The van der Waals surface area contributed by atoms with Crippen molar-refractivity contribution < 1.29 is 19.0 Å². The number of carbonyl (C=O) groups excluding carboxylic acids is 1. The number of benzene rings is 1. The smallest absolute Gasteiger partial charge is 0.337 e. The highest BCUT2D eigenvalue weighted by Crippen LogP contribution is 2.34. The molecule has 1 aromatic carbocycles. The maximum atomic E-state index is 11.3.